The summed E-state index contributed by atoms with van der Waals surface area (Å²) < 4.78 is 0.903. The van der Waals surface area contributed by atoms with Crippen LogP contribution in [0.4, 0.5) is 0 Å². The lowest BCUT2D eigenvalue weighted by molar-refractivity contribution is 0.0627. The molecule has 4 aliphatic rings. The van der Waals surface area contributed by atoms with Crippen molar-refractivity contribution in [2.75, 3.05) is 0 Å². The molecule has 0 saturated heterocycles. The van der Waals surface area contributed by atoms with E-state index in [1.807, 2.05) is 0 Å². The minimum absolute atomic E-state index is 0.419. The van der Waals surface area contributed by atoms with E-state index < -0.39 is 0 Å². The first-order valence-corrected chi connectivity index (χ1v) is 8.52. The highest BCUT2D eigenvalue weighted by Crippen LogP contribution is 2.59. The molecule has 0 radical (unpaired) electrons. The minimum atomic E-state index is 0.419. The van der Waals surface area contributed by atoms with Crippen LogP contribution in [0.2, 0.25) is 0 Å². The summed E-state index contributed by atoms with van der Waals surface area (Å²) in [5.74, 6) is 1.98. The molecule has 4 saturated carbocycles. The number of thiol groups is 1. The predicted octanol–water partition coefficient (Wildman–Crippen LogP) is 4.17. The van der Waals surface area contributed by atoms with Crippen LogP contribution in [0.5, 0.6) is 0 Å². The number of hydrogen-bond acceptors (Lipinski definition) is 1. The van der Waals surface area contributed by atoms with Crippen LogP contribution in [0.1, 0.15) is 64.2 Å². The summed E-state index contributed by atoms with van der Waals surface area (Å²) in [6.45, 7) is 0. The van der Waals surface area contributed by atoms with E-state index in [2.05, 4.69) is 17.5 Å². The van der Waals surface area contributed by atoms with Gasteiger partial charge in [-0.1, -0.05) is 12.2 Å². The molecule has 0 atom stereocenters. The number of rotatable bonds is 2. The third-order valence-corrected chi connectivity index (χ3v) is 6.93. The molecule has 18 heavy (non-hydrogen) atoms. The molecule has 4 fully saturated rings. The molecule has 4 bridgehead atoms. The van der Waals surface area contributed by atoms with Gasteiger partial charge in [0.1, 0.15) is 4.32 Å². The molecule has 4 rings (SSSR count). The van der Waals surface area contributed by atoms with E-state index in [4.69, 9.17) is 12.2 Å². The zero-order valence-corrected chi connectivity index (χ0v) is 12.7. The van der Waals surface area contributed by atoms with Crippen LogP contribution in [-0.2, 0) is 0 Å². The van der Waals surface area contributed by atoms with E-state index in [9.17, 15) is 0 Å². The summed E-state index contributed by atoms with van der Waals surface area (Å²) in [5, 5.41) is 0. The Balaban J connectivity index is 1.71. The standard InChI is InChI=1S/C15H23NS2/c17-13(18)16(14-5-1-11(9-14)2-6-14)15-7-3-12(10-15)4-8-15/h11-12H,1-10H2,(H,17,18). The molecule has 0 amide bonds. The van der Waals surface area contributed by atoms with Crippen LogP contribution in [0.25, 0.3) is 0 Å². The smallest absolute Gasteiger partial charge is 0.134 e. The fraction of sp³-hybridized carbons (Fsp3) is 0.933. The molecule has 0 unspecified atom stereocenters. The molecule has 0 N–H and O–H groups in total. The van der Waals surface area contributed by atoms with Gasteiger partial charge in [0, 0.05) is 11.1 Å². The average Bonchev–Trinajstić information content (AvgIpc) is 3.07. The molecule has 0 aliphatic heterocycles. The second kappa shape index (κ2) is 3.88. The Labute approximate surface area is 121 Å². The van der Waals surface area contributed by atoms with Gasteiger partial charge < -0.3 is 4.90 Å². The lowest BCUT2D eigenvalue weighted by atomic mass is 9.84. The van der Waals surface area contributed by atoms with Crippen molar-refractivity contribution >= 4 is 29.2 Å². The van der Waals surface area contributed by atoms with E-state index in [1.54, 1.807) is 0 Å². The summed E-state index contributed by atoms with van der Waals surface area (Å²) >= 11 is 10.2. The number of fused-ring (bicyclic) bond motifs is 4. The Morgan fingerprint density at radius 3 is 1.50 bits per heavy atom. The molecule has 0 heterocycles. The molecule has 0 aromatic heterocycles. The van der Waals surface area contributed by atoms with Gasteiger partial charge in [-0.05, 0) is 76.0 Å². The van der Waals surface area contributed by atoms with E-state index in [-0.39, 0.29) is 0 Å². The molecule has 0 aromatic rings. The van der Waals surface area contributed by atoms with Gasteiger partial charge in [0.05, 0.1) is 0 Å². The first-order valence-electron chi connectivity index (χ1n) is 7.67. The molecule has 100 valence electrons. The first kappa shape index (κ1) is 12.0. The average molecular weight is 281 g/mol. The van der Waals surface area contributed by atoms with Crippen molar-refractivity contribution in [3.05, 3.63) is 0 Å². The highest BCUT2D eigenvalue weighted by molar-refractivity contribution is 8.10. The first-order chi connectivity index (χ1) is 8.64. The Morgan fingerprint density at radius 2 is 1.28 bits per heavy atom. The van der Waals surface area contributed by atoms with Crippen molar-refractivity contribution < 1.29 is 0 Å². The van der Waals surface area contributed by atoms with Crippen molar-refractivity contribution in [2.45, 2.75) is 75.3 Å². The molecule has 0 spiro atoms. The summed E-state index contributed by atoms with van der Waals surface area (Å²) in [5.41, 5.74) is 0.839. The van der Waals surface area contributed by atoms with Gasteiger partial charge >= 0.3 is 0 Å². The zero-order chi connectivity index (χ0) is 12.4. The molecular formula is C15H23NS2. The van der Waals surface area contributed by atoms with Crippen LogP contribution in [0, 0.1) is 11.8 Å². The number of thiocarbonyl (C=S) groups is 1. The Hall–Kier alpha value is 0.240. The van der Waals surface area contributed by atoms with Crippen LogP contribution < -0.4 is 0 Å². The minimum Gasteiger partial charge on any atom is -0.346 e. The van der Waals surface area contributed by atoms with E-state index in [0.29, 0.717) is 11.1 Å². The zero-order valence-electron chi connectivity index (χ0n) is 11.0. The van der Waals surface area contributed by atoms with Gasteiger partial charge in [-0.25, -0.2) is 0 Å². The fourth-order valence-electron chi connectivity index (χ4n) is 5.86. The van der Waals surface area contributed by atoms with Crippen LogP contribution in [-0.4, -0.2) is 20.3 Å². The summed E-state index contributed by atoms with van der Waals surface area (Å²) in [4.78, 5) is 2.68. The Kier molecular flexibility index (Phi) is 2.59. The molecule has 1 nitrogen and oxygen atoms in total. The van der Waals surface area contributed by atoms with Crippen molar-refractivity contribution in [3.8, 4) is 0 Å². The van der Waals surface area contributed by atoms with E-state index >= 15 is 0 Å². The second-order valence-electron chi connectivity index (χ2n) is 7.36. The molecule has 0 aromatic carbocycles. The number of hydrogen-bond donors (Lipinski definition) is 1. The van der Waals surface area contributed by atoms with Gasteiger partial charge in [0.25, 0.3) is 0 Å². The summed E-state index contributed by atoms with van der Waals surface area (Å²) in [6.07, 6.45) is 14.1. The highest BCUT2D eigenvalue weighted by atomic mass is 32.1. The van der Waals surface area contributed by atoms with Gasteiger partial charge in [-0.3, -0.25) is 0 Å². The largest absolute Gasteiger partial charge is 0.346 e. The molecule has 4 aliphatic carbocycles. The van der Waals surface area contributed by atoms with Gasteiger partial charge in [0.15, 0.2) is 0 Å². The van der Waals surface area contributed by atoms with Crippen molar-refractivity contribution in [3.63, 3.8) is 0 Å². The second-order valence-corrected chi connectivity index (χ2v) is 8.47. The fourth-order valence-corrected chi connectivity index (χ4v) is 6.67. The maximum atomic E-state index is 5.59. The van der Waals surface area contributed by atoms with Crippen LogP contribution >= 0.6 is 24.8 Å². The van der Waals surface area contributed by atoms with Crippen LogP contribution in [0.3, 0.4) is 0 Å². The topological polar surface area (TPSA) is 3.24 Å². The maximum Gasteiger partial charge on any atom is 0.134 e. The Morgan fingerprint density at radius 1 is 0.889 bits per heavy atom. The van der Waals surface area contributed by atoms with E-state index in [1.165, 1.54) is 64.2 Å². The number of nitrogens with zero attached hydrogens (tertiary/aromatic N) is 1. The Bertz CT molecular complexity index is 346. The third-order valence-electron chi connectivity index (χ3n) is 6.55. The van der Waals surface area contributed by atoms with Crippen molar-refractivity contribution in [1.82, 2.24) is 4.90 Å². The molecule has 3 heteroatoms. The predicted molar refractivity (Wildman–Crippen MR) is 82.0 cm³/mol. The SMILES string of the molecule is S=C(S)N(C12CCC(CC1)C2)C12CCC(CC1)C2. The highest BCUT2D eigenvalue weighted by Gasteiger charge is 2.58. The monoisotopic (exact) mass is 281 g/mol. The van der Waals surface area contributed by atoms with Crippen LogP contribution in [0.15, 0.2) is 0 Å². The normalized spacial score (nSPS) is 48.9. The quantitative estimate of drug-likeness (QED) is 0.598. The van der Waals surface area contributed by atoms with Gasteiger partial charge in [-0.2, -0.15) is 0 Å². The lowest BCUT2D eigenvalue weighted by Crippen LogP contribution is -2.58. The maximum absolute atomic E-state index is 5.59. The van der Waals surface area contributed by atoms with Gasteiger partial charge in [-0.15, -0.1) is 12.6 Å². The lowest BCUT2D eigenvalue weighted by Gasteiger charge is -2.51. The third kappa shape index (κ3) is 1.49. The molecular weight excluding hydrogens is 258 g/mol. The van der Waals surface area contributed by atoms with Crippen molar-refractivity contribution in [2.24, 2.45) is 11.8 Å². The van der Waals surface area contributed by atoms with E-state index in [0.717, 1.165) is 16.2 Å². The summed E-state index contributed by atoms with van der Waals surface area (Å²) in [6, 6.07) is 0. The van der Waals surface area contributed by atoms with Gasteiger partial charge in [0.2, 0.25) is 0 Å². The van der Waals surface area contributed by atoms with Crippen molar-refractivity contribution in [1.29, 1.82) is 0 Å². The summed E-state index contributed by atoms with van der Waals surface area (Å²) in [7, 11) is 0.